The number of hydrogen-bond donors (Lipinski definition) is 1. The predicted molar refractivity (Wildman–Crippen MR) is 100 cm³/mol. The Morgan fingerprint density at radius 1 is 1.35 bits per heavy atom. The summed E-state index contributed by atoms with van der Waals surface area (Å²) < 4.78 is 27.4. The van der Waals surface area contributed by atoms with Gasteiger partial charge >= 0.3 is 0 Å². The molecule has 1 saturated heterocycles. The monoisotopic (exact) mass is 395 g/mol. The average molecular weight is 396 g/mol. The third-order valence-electron chi connectivity index (χ3n) is 5.14. The van der Waals surface area contributed by atoms with Gasteiger partial charge in [0.1, 0.15) is 5.82 Å². The number of nitrogens with zero attached hydrogens (tertiary/aromatic N) is 4. The van der Waals surface area contributed by atoms with Crippen LogP contribution in [0, 0.1) is 13.8 Å². The molecule has 140 valence electrons. The van der Waals surface area contributed by atoms with Crippen LogP contribution in [0.3, 0.4) is 0 Å². The van der Waals surface area contributed by atoms with Crippen LogP contribution in [0.5, 0.6) is 0 Å². The van der Waals surface area contributed by atoms with Crippen molar-refractivity contribution in [2.45, 2.75) is 31.6 Å². The van der Waals surface area contributed by atoms with E-state index in [4.69, 9.17) is 0 Å². The van der Waals surface area contributed by atoms with Gasteiger partial charge in [-0.2, -0.15) is 10.2 Å². The zero-order chi connectivity index (χ0) is 18.6. The number of anilines is 1. The fraction of sp³-hybridized carbons (Fsp3) is 0.562. The van der Waals surface area contributed by atoms with Crippen molar-refractivity contribution in [3.63, 3.8) is 0 Å². The van der Waals surface area contributed by atoms with E-state index in [1.165, 1.54) is 0 Å². The van der Waals surface area contributed by atoms with Gasteiger partial charge in [-0.1, -0.05) is 0 Å². The molecule has 0 bridgehead atoms. The summed E-state index contributed by atoms with van der Waals surface area (Å²) in [5.41, 5.74) is 3.85. The van der Waals surface area contributed by atoms with Crippen LogP contribution in [-0.2, 0) is 21.7 Å². The van der Waals surface area contributed by atoms with E-state index in [2.05, 4.69) is 15.5 Å². The Kier molecular flexibility index (Phi) is 4.14. The fourth-order valence-electron chi connectivity index (χ4n) is 3.66. The Morgan fingerprint density at radius 2 is 2.12 bits per heavy atom. The summed E-state index contributed by atoms with van der Waals surface area (Å²) in [4.78, 5) is 12.3. The Balaban J connectivity index is 1.84. The molecular formula is C16H21N5O3S2. The van der Waals surface area contributed by atoms with Crippen molar-refractivity contribution in [1.29, 1.82) is 0 Å². The number of carbonyl (C=O) groups is 1. The maximum atomic E-state index is 12.3. The van der Waals surface area contributed by atoms with E-state index < -0.39 is 9.84 Å². The zero-order valence-electron chi connectivity index (χ0n) is 14.9. The molecule has 8 nitrogen and oxygen atoms in total. The number of nitrogens with one attached hydrogen (secondary N) is 1. The highest BCUT2D eigenvalue weighted by Crippen LogP contribution is 2.45. The summed E-state index contributed by atoms with van der Waals surface area (Å²) in [6, 6.07) is -0.235. The molecular weight excluding hydrogens is 374 g/mol. The van der Waals surface area contributed by atoms with E-state index in [0.717, 1.165) is 22.5 Å². The standard InChI is InChI=1S/C16H21N5O3S2/c1-9-14-15(12-6-17-20(3)10(12)2)25-7-13(22)18-16(14)21(19-9)11-4-5-26(23,24)8-11/h6,11,15H,4-5,7-8H2,1-3H3,(H,18,22)/t11-,15-/m1/s1. The largest absolute Gasteiger partial charge is 0.310 e. The zero-order valence-corrected chi connectivity index (χ0v) is 16.5. The van der Waals surface area contributed by atoms with E-state index in [0.29, 0.717) is 18.0 Å². The lowest BCUT2D eigenvalue weighted by Gasteiger charge is -2.16. The van der Waals surface area contributed by atoms with E-state index >= 15 is 0 Å². The summed E-state index contributed by atoms with van der Waals surface area (Å²) in [5.74, 6) is 1.10. The Labute approximate surface area is 156 Å². The second-order valence-corrected chi connectivity index (χ2v) is 10.2. The van der Waals surface area contributed by atoms with Crippen molar-refractivity contribution in [3.8, 4) is 0 Å². The van der Waals surface area contributed by atoms with Crippen molar-refractivity contribution < 1.29 is 13.2 Å². The molecule has 4 rings (SSSR count). The van der Waals surface area contributed by atoms with Gasteiger partial charge in [0.2, 0.25) is 5.91 Å². The van der Waals surface area contributed by atoms with Crippen molar-refractivity contribution in [3.05, 3.63) is 28.7 Å². The van der Waals surface area contributed by atoms with Crippen LogP contribution in [0.25, 0.3) is 0 Å². The van der Waals surface area contributed by atoms with Crippen molar-refractivity contribution >= 4 is 33.3 Å². The van der Waals surface area contributed by atoms with Crippen LogP contribution in [0.4, 0.5) is 5.82 Å². The minimum absolute atomic E-state index is 0.0654. The van der Waals surface area contributed by atoms with Crippen molar-refractivity contribution in [2.24, 2.45) is 7.05 Å². The highest BCUT2D eigenvalue weighted by Gasteiger charge is 2.36. The number of hydrogen-bond acceptors (Lipinski definition) is 6. The van der Waals surface area contributed by atoms with E-state index in [9.17, 15) is 13.2 Å². The topological polar surface area (TPSA) is 98.9 Å². The third-order valence-corrected chi connectivity index (χ3v) is 8.14. The molecule has 1 fully saturated rings. The van der Waals surface area contributed by atoms with E-state index in [-0.39, 0.29) is 28.7 Å². The van der Waals surface area contributed by atoms with Gasteiger partial charge in [-0.3, -0.25) is 9.48 Å². The van der Waals surface area contributed by atoms with E-state index in [1.807, 2.05) is 31.8 Å². The van der Waals surface area contributed by atoms with E-state index in [1.54, 1.807) is 16.4 Å². The number of aromatic nitrogens is 4. The van der Waals surface area contributed by atoms with Gasteiger partial charge in [0.15, 0.2) is 9.84 Å². The SMILES string of the molecule is Cc1nn([C@@H]2CCS(=O)(=O)C2)c2c1[C@@H](c1cnn(C)c1C)SCC(=O)N2. The second kappa shape index (κ2) is 6.12. The Hall–Kier alpha value is -1.81. The lowest BCUT2D eigenvalue weighted by Crippen LogP contribution is -2.20. The minimum atomic E-state index is -3.04. The normalized spacial score (nSPS) is 25.0. The van der Waals surface area contributed by atoms with Crippen LogP contribution < -0.4 is 5.32 Å². The molecule has 0 saturated carbocycles. The van der Waals surface area contributed by atoms with Crippen LogP contribution in [-0.4, -0.2) is 51.1 Å². The molecule has 2 aliphatic heterocycles. The number of aryl methyl sites for hydroxylation is 2. The number of carbonyl (C=O) groups excluding carboxylic acids is 1. The summed E-state index contributed by atoms with van der Waals surface area (Å²) in [7, 11) is -1.15. The fourth-order valence-corrected chi connectivity index (χ4v) is 6.60. The summed E-state index contributed by atoms with van der Waals surface area (Å²) in [5, 5.41) is 11.9. The Morgan fingerprint density at radius 3 is 2.73 bits per heavy atom. The number of sulfone groups is 1. The summed E-state index contributed by atoms with van der Waals surface area (Å²) >= 11 is 1.55. The molecule has 0 unspecified atom stereocenters. The first-order valence-electron chi connectivity index (χ1n) is 8.46. The predicted octanol–water partition coefficient (Wildman–Crippen LogP) is 1.37. The number of amides is 1. The molecule has 2 aromatic rings. The first-order valence-corrected chi connectivity index (χ1v) is 11.3. The molecule has 1 N–H and O–H groups in total. The molecule has 0 radical (unpaired) electrons. The number of rotatable bonds is 2. The van der Waals surface area contributed by atoms with Gasteiger partial charge in [-0.25, -0.2) is 13.1 Å². The summed E-state index contributed by atoms with van der Waals surface area (Å²) in [6.07, 6.45) is 2.36. The van der Waals surface area contributed by atoms with Crippen LogP contribution in [0.2, 0.25) is 0 Å². The molecule has 0 aromatic carbocycles. The number of thioether (sulfide) groups is 1. The highest BCUT2D eigenvalue weighted by atomic mass is 32.2. The summed E-state index contributed by atoms with van der Waals surface area (Å²) in [6.45, 7) is 3.92. The maximum Gasteiger partial charge on any atom is 0.235 e. The van der Waals surface area contributed by atoms with Gasteiger partial charge in [0.05, 0.1) is 40.4 Å². The second-order valence-electron chi connectivity index (χ2n) is 6.90. The van der Waals surface area contributed by atoms with Crippen LogP contribution in [0.15, 0.2) is 6.20 Å². The van der Waals surface area contributed by atoms with Crippen molar-refractivity contribution in [1.82, 2.24) is 19.6 Å². The molecule has 2 atom stereocenters. The average Bonchev–Trinajstić information content (AvgIpc) is 3.15. The van der Waals surface area contributed by atoms with Crippen molar-refractivity contribution in [2.75, 3.05) is 22.6 Å². The first-order chi connectivity index (χ1) is 12.3. The molecule has 0 spiro atoms. The molecule has 1 amide bonds. The van der Waals surface area contributed by atoms with Gasteiger partial charge in [-0.05, 0) is 20.3 Å². The van der Waals surface area contributed by atoms with Crippen LogP contribution in [0.1, 0.15) is 40.2 Å². The van der Waals surface area contributed by atoms with Gasteiger partial charge in [-0.15, -0.1) is 11.8 Å². The molecule has 2 aliphatic rings. The quantitative estimate of drug-likeness (QED) is 0.825. The number of fused-ring (bicyclic) bond motifs is 1. The van der Waals surface area contributed by atoms with Gasteiger partial charge in [0.25, 0.3) is 0 Å². The third kappa shape index (κ3) is 2.84. The molecule has 2 aromatic heterocycles. The van der Waals surface area contributed by atoms with Crippen LogP contribution >= 0.6 is 11.8 Å². The minimum Gasteiger partial charge on any atom is -0.310 e. The van der Waals surface area contributed by atoms with Gasteiger partial charge < -0.3 is 5.32 Å². The lowest BCUT2D eigenvalue weighted by molar-refractivity contribution is -0.113. The lowest BCUT2D eigenvalue weighted by atomic mass is 10.0. The molecule has 0 aliphatic carbocycles. The maximum absolute atomic E-state index is 12.3. The highest BCUT2D eigenvalue weighted by molar-refractivity contribution is 8.00. The van der Waals surface area contributed by atoms with Gasteiger partial charge in [0, 0.05) is 23.9 Å². The Bertz CT molecular complexity index is 992. The first kappa shape index (κ1) is 17.6. The molecule has 4 heterocycles. The smallest absolute Gasteiger partial charge is 0.235 e. The molecule has 10 heteroatoms. The molecule has 26 heavy (non-hydrogen) atoms.